The van der Waals surface area contributed by atoms with Crippen LogP contribution < -0.4 is 5.32 Å². The van der Waals surface area contributed by atoms with Crippen LogP contribution in [0.15, 0.2) is 59.3 Å². The highest BCUT2D eigenvalue weighted by atomic mass is 16.5. The van der Waals surface area contributed by atoms with Crippen LogP contribution in [-0.2, 0) is 11.2 Å². The van der Waals surface area contributed by atoms with E-state index in [1.54, 1.807) is 6.20 Å². The van der Waals surface area contributed by atoms with Crippen molar-refractivity contribution in [1.29, 1.82) is 5.26 Å². The molecule has 3 aromatic rings. The summed E-state index contributed by atoms with van der Waals surface area (Å²) in [4.78, 5) is 0. The van der Waals surface area contributed by atoms with Crippen LogP contribution in [0.4, 0.5) is 0 Å². The number of rotatable bonds is 4. The Morgan fingerprint density at radius 3 is 2.73 bits per heavy atom. The maximum Gasteiger partial charge on any atom is 0.167 e. The van der Waals surface area contributed by atoms with Gasteiger partial charge in [0.1, 0.15) is 0 Å². The van der Waals surface area contributed by atoms with Crippen LogP contribution in [0, 0.1) is 11.3 Å². The van der Waals surface area contributed by atoms with Crippen molar-refractivity contribution in [2.45, 2.75) is 12.5 Å². The number of benzene rings is 2. The summed E-state index contributed by atoms with van der Waals surface area (Å²) in [7, 11) is 0. The SMILES string of the molecule is N#Cc1ccc(-c2cccc(CC3CNCCO3)c2-c2ccno2)cc1. The van der Waals surface area contributed by atoms with Crippen LogP contribution in [0.5, 0.6) is 0 Å². The minimum Gasteiger partial charge on any atom is -0.375 e. The van der Waals surface area contributed by atoms with E-state index in [1.807, 2.05) is 30.3 Å². The van der Waals surface area contributed by atoms with Crippen LogP contribution in [0.3, 0.4) is 0 Å². The Morgan fingerprint density at radius 2 is 2.04 bits per heavy atom. The van der Waals surface area contributed by atoms with E-state index in [0.717, 1.165) is 54.1 Å². The number of nitriles is 1. The highest BCUT2D eigenvalue weighted by Crippen LogP contribution is 2.35. The third-order valence-electron chi connectivity index (χ3n) is 4.61. The van der Waals surface area contributed by atoms with Crippen molar-refractivity contribution in [1.82, 2.24) is 10.5 Å². The molecule has 4 rings (SSSR count). The smallest absolute Gasteiger partial charge is 0.167 e. The fourth-order valence-corrected chi connectivity index (χ4v) is 3.37. The van der Waals surface area contributed by atoms with E-state index < -0.39 is 0 Å². The average molecular weight is 345 g/mol. The van der Waals surface area contributed by atoms with Crippen molar-refractivity contribution in [2.75, 3.05) is 19.7 Å². The number of nitrogens with zero attached hydrogens (tertiary/aromatic N) is 2. The Bertz CT molecular complexity index is 905. The van der Waals surface area contributed by atoms with Gasteiger partial charge in [0.25, 0.3) is 0 Å². The summed E-state index contributed by atoms with van der Waals surface area (Å²) in [5, 5.41) is 16.3. The van der Waals surface area contributed by atoms with Crippen molar-refractivity contribution in [2.24, 2.45) is 0 Å². The van der Waals surface area contributed by atoms with Crippen molar-refractivity contribution < 1.29 is 9.26 Å². The molecule has 130 valence electrons. The summed E-state index contributed by atoms with van der Waals surface area (Å²) >= 11 is 0. The number of hydrogen-bond donors (Lipinski definition) is 1. The average Bonchev–Trinajstić information content (AvgIpc) is 3.23. The van der Waals surface area contributed by atoms with Crippen LogP contribution in [0.25, 0.3) is 22.5 Å². The molecule has 2 aromatic carbocycles. The first-order valence-electron chi connectivity index (χ1n) is 8.71. The lowest BCUT2D eigenvalue weighted by atomic mass is 9.91. The molecule has 26 heavy (non-hydrogen) atoms. The molecular formula is C21H19N3O2. The van der Waals surface area contributed by atoms with Gasteiger partial charge < -0.3 is 14.6 Å². The van der Waals surface area contributed by atoms with Gasteiger partial charge in [-0.1, -0.05) is 35.5 Å². The number of aromatic nitrogens is 1. The monoisotopic (exact) mass is 345 g/mol. The predicted molar refractivity (Wildman–Crippen MR) is 98.4 cm³/mol. The number of ether oxygens (including phenoxy) is 1. The van der Waals surface area contributed by atoms with Gasteiger partial charge in [-0.15, -0.1) is 0 Å². The normalized spacial score (nSPS) is 17.0. The molecular weight excluding hydrogens is 326 g/mol. The Labute approximate surface area is 152 Å². The molecule has 0 amide bonds. The van der Waals surface area contributed by atoms with Gasteiger partial charge in [-0.3, -0.25) is 0 Å². The lowest BCUT2D eigenvalue weighted by Gasteiger charge is -2.25. The van der Waals surface area contributed by atoms with Crippen molar-refractivity contribution in [3.63, 3.8) is 0 Å². The zero-order valence-corrected chi connectivity index (χ0v) is 14.3. The summed E-state index contributed by atoms with van der Waals surface area (Å²) in [5.74, 6) is 0.740. The van der Waals surface area contributed by atoms with Crippen LogP contribution in [-0.4, -0.2) is 31.0 Å². The summed E-state index contributed by atoms with van der Waals surface area (Å²) < 4.78 is 11.4. The standard InChI is InChI=1S/C21H19N3O2/c22-13-15-4-6-16(7-5-15)19-3-1-2-17(12-18-14-23-10-11-25-18)21(19)20-8-9-24-26-20/h1-9,18,23H,10-12,14H2. The zero-order valence-electron chi connectivity index (χ0n) is 14.3. The van der Waals surface area contributed by atoms with Crippen molar-refractivity contribution in [3.8, 4) is 28.5 Å². The van der Waals surface area contributed by atoms with Crippen molar-refractivity contribution in [3.05, 3.63) is 65.9 Å². The van der Waals surface area contributed by atoms with Gasteiger partial charge in [0, 0.05) is 31.1 Å². The lowest BCUT2D eigenvalue weighted by molar-refractivity contribution is 0.0293. The fraction of sp³-hybridized carbons (Fsp3) is 0.238. The topological polar surface area (TPSA) is 71.1 Å². The maximum absolute atomic E-state index is 9.04. The van der Waals surface area contributed by atoms with E-state index in [0.29, 0.717) is 5.56 Å². The second-order valence-electron chi connectivity index (χ2n) is 6.31. The van der Waals surface area contributed by atoms with Gasteiger partial charge >= 0.3 is 0 Å². The van der Waals surface area contributed by atoms with Crippen LogP contribution >= 0.6 is 0 Å². The zero-order chi connectivity index (χ0) is 17.8. The molecule has 5 nitrogen and oxygen atoms in total. The van der Waals surface area contributed by atoms with E-state index in [2.05, 4.69) is 34.7 Å². The molecule has 1 aromatic heterocycles. The van der Waals surface area contributed by atoms with E-state index in [-0.39, 0.29) is 6.10 Å². The van der Waals surface area contributed by atoms with Crippen LogP contribution in [0.2, 0.25) is 0 Å². The number of morpholine rings is 1. The van der Waals surface area contributed by atoms with E-state index in [9.17, 15) is 0 Å². The summed E-state index contributed by atoms with van der Waals surface area (Å²) in [6, 6.07) is 17.9. The summed E-state index contributed by atoms with van der Waals surface area (Å²) in [5.41, 5.74) is 4.95. The van der Waals surface area contributed by atoms with Gasteiger partial charge in [-0.05, 0) is 28.8 Å². The molecule has 5 heteroatoms. The first-order chi connectivity index (χ1) is 12.8. The Morgan fingerprint density at radius 1 is 1.15 bits per heavy atom. The molecule has 0 radical (unpaired) electrons. The molecule has 1 atom stereocenters. The molecule has 1 aliphatic heterocycles. The lowest BCUT2D eigenvalue weighted by Crippen LogP contribution is -2.39. The minimum absolute atomic E-state index is 0.140. The van der Waals surface area contributed by atoms with Gasteiger partial charge in [-0.2, -0.15) is 5.26 Å². The third kappa shape index (κ3) is 3.38. The minimum atomic E-state index is 0.140. The van der Waals surface area contributed by atoms with Crippen molar-refractivity contribution >= 4 is 0 Å². The third-order valence-corrected chi connectivity index (χ3v) is 4.61. The first kappa shape index (κ1) is 16.5. The van der Waals surface area contributed by atoms with E-state index in [1.165, 1.54) is 0 Å². The Hall–Kier alpha value is -2.94. The molecule has 0 saturated carbocycles. The fourth-order valence-electron chi connectivity index (χ4n) is 3.37. The molecule has 0 aliphatic carbocycles. The maximum atomic E-state index is 9.04. The molecule has 0 bridgehead atoms. The predicted octanol–water partition coefficient (Wildman–Crippen LogP) is 3.41. The Kier molecular flexibility index (Phi) is 4.78. The number of hydrogen-bond acceptors (Lipinski definition) is 5. The van der Waals surface area contributed by atoms with Gasteiger partial charge in [0.2, 0.25) is 0 Å². The summed E-state index contributed by atoms with van der Waals surface area (Å²) in [6.07, 6.45) is 2.60. The molecule has 1 saturated heterocycles. The van der Waals surface area contributed by atoms with E-state index >= 15 is 0 Å². The second kappa shape index (κ2) is 7.52. The Balaban J connectivity index is 1.78. The number of nitrogens with one attached hydrogen (secondary N) is 1. The van der Waals surface area contributed by atoms with E-state index in [4.69, 9.17) is 14.5 Å². The highest BCUT2D eigenvalue weighted by molar-refractivity contribution is 5.83. The second-order valence-corrected chi connectivity index (χ2v) is 6.31. The van der Waals surface area contributed by atoms with Gasteiger partial charge in [-0.25, -0.2) is 0 Å². The molecule has 2 heterocycles. The van der Waals surface area contributed by atoms with Gasteiger partial charge in [0.15, 0.2) is 5.76 Å². The molecule has 1 N–H and O–H groups in total. The van der Waals surface area contributed by atoms with Gasteiger partial charge in [0.05, 0.1) is 30.5 Å². The molecule has 1 unspecified atom stereocenters. The molecule has 0 spiro atoms. The molecule has 1 fully saturated rings. The summed E-state index contributed by atoms with van der Waals surface area (Å²) in [6.45, 7) is 2.48. The highest BCUT2D eigenvalue weighted by Gasteiger charge is 2.20. The largest absolute Gasteiger partial charge is 0.375 e. The van der Waals surface area contributed by atoms with Crippen LogP contribution in [0.1, 0.15) is 11.1 Å². The molecule has 1 aliphatic rings. The quantitative estimate of drug-likeness (QED) is 0.784. The first-order valence-corrected chi connectivity index (χ1v) is 8.71.